The molecule has 0 saturated heterocycles. The van der Waals surface area contributed by atoms with Crippen molar-refractivity contribution in [3.8, 4) is 11.5 Å². The van der Waals surface area contributed by atoms with Gasteiger partial charge < -0.3 is 14.4 Å². The maximum atomic E-state index is 5.44. The van der Waals surface area contributed by atoms with E-state index in [4.69, 9.17) is 9.47 Å². The molecule has 16 heavy (non-hydrogen) atoms. The molecule has 3 nitrogen and oxygen atoms in total. The van der Waals surface area contributed by atoms with Crippen molar-refractivity contribution in [2.24, 2.45) is 0 Å². The van der Waals surface area contributed by atoms with E-state index in [0.717, 1.165) is 35.0 Å². The summed E-state index contributed by atoms with van der Waals surface area (Å²) in [6.45, 7) is 2.88. The third-order valence-corrected chi connectivity index (χ3v) is 2.81. The molecule has 1 rings (SSSR count). The van der Waals surface area contributed by atoms with Gasteiger partial charge in [0, 0.05) is 24.9 Å². The Morgan fingerprint density at radius 3 is 2.44 bits per heavy atom. The molecule has 0 amide bonds. The summed E-state index contributed by atoms with van der Waals surface area (Å²) in [4.78, 5) is 2.12. The fourth-order valence-corrected chi connectivity index (χ4v) is 2.01. The highest BCUT2D eigenvalue weighted by molar-refractivity contribution is 7.80. The van der Waals surface area contributed by atoms with Gasteiger partial charge >= 0.3 is 0 Å². The Balaban J connectivity index is 3.14. The van der Waals surface area contributed by atoms with Gasteiger partial charge in [-0.1, -0.05) is 0 Å². The largest absolute Gasteiger partial charge is 0.496 e. The van der Waals surface area contributed by atoms with Crippen molar-refractivity contribution in [1.82, 2.24) is 0 Å². The van der Waals surface area contributed by atoms with Crippen LogP contribution < -0.4 is 14.4 Å². The molecule has 0 fully saturated rings. The molecule has 0 unspecified atom stereocenters. The second kappa shape index (κ2) is 5.89. The Hall–Kier alpha value is -1.03. The lowest BCUT2D eigenvalue weighted by Gasteiger charge is -2.23. The van der Waals surface area contributed by atoms with Crippen LogP contribution in [0.5, 0.6) is 11.5 Å². The third kappa shape index (κ3) is 2.55. The molecule has 0 N–H and O–H groups in total. The zero-order chi connectivity index (χ0) is 12.1. The van der Waals surface area contributed by atoms with Crippen molar-refractivity contribution >= 4 is 18.3 Å². The van der Waals surface area contributed by atoms with Gasteiger partial charge in [0.1, 0.15) is 11.5 Å². The number of ether oxygens (including phenoxy) is 2. The minimum Gasteiger partial charge on any atom is -0.496 e. The van der Waals surface area contributed by atoms with Crippen molar-refractivity contribution < 1.29 is 9.47 Å². The molecule has 0 aromatic heterocycles. The number of anilines is 1. The van der Waals surface area contributed by atoms with Crippen LogP contribution in [0, 0.1) is 6.92 Å². The Kier molecular flexibility index (Phi) is 4.80. The van der Waals surface area contributed by atoms with Gasteiger partial charge in [-0.25, -0.2) is 0 Å². The monoisotopic (exact) mass is 241 g/mol. The number of hydrogen-bond acceptors (Lipinski definition) is 4. The molecular formula is C12H19NO2S. The summed E-state index contributed by atoms with van der Waals surface area (Å²) in [6.07, 6.45) is 0. The van der Waals surface area contributed by atoms with Crippen molar-refractivity contribution in [2.45, 2.75) is 6.92 Å². The number of rotatable bonds is 5. The second-order valence-electron chi connectivity index (χ2n) is 3.59. The first-order valence-corrected chi connectivity index (χ1v) is 5.82. The number of thiol groups is 1. The Bertz CT molecular complexity index is 355. The minimum atomic E-state index is 0.810. The lowest BCUT2D eigenvalue weighted by Crippen LogP contribution is -2.20. The number of benzene rings is 1. The molecule has 1 aromatic carbocycles. The maximum Gasteiger partial charge on any atom is 0.148 e. The van der Waals surface area contributed by atoms with Crippen LogP contribution in [-0.2, 0) is 0 Å². The van der Waals surface area contributed by atoms with Gasteiger partial charge in [0.2, 0.25) is 0 Å². The van der Waals surface area contributed by atoms with Crippen molar-refractivity contribution in [3.05, 3.63) is 17.7 Å². The van der Waals surface area contributed by atoms with Gasteiger partial charge in [-0.3, -0.25) is 0 Å². The Labute approximate surface area is 103 Å². The van der Waals surface area contributed by atoms with Crippen LogP contribution in [0.15, 0.2) is 12.1 Å². The molecule has 0 aliphatic heterocycles. The summed E-state index contributed by atoms with van der Waals surface area (Å²) in [7, 11) is 5.37. The summed E-state index contributed by atoms with van der Waals surface area (Å²) in [5, 5.41) is 0. The first kappa shape index (κ1) is 13.0. The molecule has 0 spiro atoms. The topological polar surface area (TPSA) is 21.7 Å². The van der Waals surface area contributed by atoms with Gasteiger partial charge in [-0.15, -0.1) is 0 Å². The zero-order valence-electron chi connectivity index (χ0n) is 10.3. The zero-order valence-corrected chi connectivity index (χ0v) is 11.2. The molecule has 90 valence electrons. The number of hydrogen-bond donors (Lipinski definition) is 1. The molecule has 0 heterocycles. The highest BCUT2D eigenvalue weighted by atomic mass is 32.1. The fraction of sp³-hybridized carbons (Fsp3) is 0.500. The van der Waals surface area contributed by atoms with Gasteiger partial charge in [0.25, 0.3) is 0 Å². The van der Waals surface area contributed by atoms with Crippen LogP contribution in [0.3, 0.4) is 0 Å². The van der Waals surface area contributed by atoms with Crippen LogP contribution in [-0.4, -0.2) is 33.6 Å². The molecule has 0 aliphatic rings. The van der Waals surface area contributed by atoms with E-state index in [2.05, 4.69) is 17.5 Å². The predicted octanol–water partition coefficient (Wildman–Crippen LogP) is 2.38. The predicted molar refractivity (Wildman–Crippen MR) is 71.4 cm³/mol. The molecular weight excluding hydrogens is 222 g/mol. The van der Waals surface area contributed by atoms with Crippen LogP contribution in [0.1, 0.15) is 5.56 Å². The fourth-order valence-electron chi connectivity index (χ4n) is 1.71. The molecule has 0 saturated carbocycles. The summed E-state index contributed by atoms with van der Waals surface area (Å²) in [5.41, 5.74) is 2.09. The normalized spacial score (nSPS) is 10.1. The highest BCUT2D eigenvalue weighted by Gasteiger charge is 2.13. The lowest BCUT2D eigenvalue weighted by molar-refractivity contribution is 0.389. The smallest absolute Gasteiger partial charge is 0.148 e. The summed E-state index contributed by atoms with van der Waals surface area (Å²) >= 11 is 4.23. The average Bonchev–Trinajstić information content (AvgIpc) is 2.28. The first-order valence-electron chi connectivity index (χ1n) is 5.19. The minimum absolute atomic E-state index is 0.810. The van der Waals surface area contributed by atoms with E-state index in [9.17, 15) is 0 Å². The summed E-state index contributed by atoms with van der Waals surface area (Å²) in [5.74, 6) is 2.52. The van der Waals surface area contributed by atoms with E-state index in [-0.39, 0.29) is 0 Å². The molecule has 0 bridgehead atoms. The van der Waals surface area contributed by atoms with Gasteiger partial charge in [0.15, 0.2) is 0 Å². The van der Waals surface area contributed by atoms with E-state index >= 15 is 0 Å². The van der Waals surface area contributed by atoms with Crippen LogP contribution >= 0.6 is 12.6 Å². The highest BCUT2D eigenvalue weighted by Crippen LogP contribution is 2.36. The molecule has 4 heteroatoms. The number of methoxy groups -OCH3 is 2. The van der Waals surface area contributed by atoms with Gasteiger partial charge in [-0.05, 0) is 19.1 Å². The van der Waals surface area contributed by atoms with Crippen LogP contribution in [0.2, 0.25) is 0 Å². The Morgan fingerprint density at radius 2 is 1.94 bits per heavy atom. The van der Waals surface area contributed by atoms with Crippen molar-refractivity contribution in [3.63, 3.8) is 0 Å². The quantitative estimate of drug-likeness (QED) is 0.800. The molecule has 0 aliphatic carbocycles. The van der Waals surface area contributed by atoms with Gasteiger partial charge in [-0.2, -0.15) is 12.6 Å². The van der Waals surface area contributed by atoms with Crippen molar-refractivity contribution in [1.29, 1.82) is 0 Å². The van der Waals surface area contributed by atoms with E-state index < -0.39 is 0 Å². The van der Waals surface area contributed by atoms with Crippen molar-refractivity contribution in [2.75, 3.05) is 38.5 Å². The summed E-state index contributed by atoms with van der Waals surface area (Å²) in [6, 6.07) is 3.97. The van der Waals surface area contributed by atoms with Crippen LogP contribution in [0.4, 0.5) is 5.69 Å². The first-order chi connectivity index (χ1) is 7.65. The van der Waals surface area contributed by atoms with E-state index in [0.29, 0.717) is 0 Å². The van der Waals surface area contributed by atoms with E-state index in [1.165, 1.54) is 0 Å². The number of nitrogens with zero attached hydrogens (tertiary/aromatic N) is 1. The van der Waals surface area contributed by atoms with Gasteiger partial charge in [0.05, 0.1) is 19.9 Å². The lowest BCUT2D eigenvalue weighted by atomic mass is 10.1. The second-order valence-corrected chi connectivity index (χ2v) is 4.04. The molecule has 0 radical (unpaired) electrons. The average molecular weight is 241 g/mol. The standard InChI is InChI=1S/C12H19NO2S/c1-9-11(14-3)6-5-10(12(9)15-4)13(2)7-8-16/h5-6,16H,7-8H2,1-4H3. The molecule has 0 atom stereocenters. The maximum absolute atomic E-state index is 5.44. The van der Waals surface area contributed by atoms with E-state index in [1.54, 1.807) is 14.2 Å². The summed E-state index contributed by atoms with van der Waals surface area (Å²) < 4.78 is 10.7. The Morgan fingerprint density at radius 1 is 1.25 bits per heavy atom. The third-order valence-electron chi connectivity index (χ3n) is 2.61. The molecule has 1 aromatic rings. The van der Waals surface area contributed by atoms with Crippen LogP contribution in [0.25, 0.3) is 0 Å². The van der Waals surface area contributed by atoms with E-state index in [1.807, 2.05) is 26.1 Å². The SMILES string of the molecule is COc1ccc(N(C)CCS)c(OC)c1C.